The molecule has 0 aromatic heterocycles. The fourth-order valence-electron chi connectivity index (χ4n) is 2.62. The highest BCUT2D eigenvalue weighted by Gasteiger charge is 2.27. The maximum absolute atomic E-state index is 12.8. The van der Waals surface area contributed by atoms with Gasteiger partial charge in [0.15, 0.2) is 0 Å². The highest BCUT2D eigenvalue weighted by molar-refractivity contribution is 9.10. The van der Waals surface area contributed by atoms with Crippen molar-refractivity contribution in [2.24, 2.45) is 0 Å². The molecule has 2 N–H and O–H groups in total. The van der Waals surface area contributed by atoms with Crippen LogP contribution in [0.4, 0.5) is 11.4 Å². The average Bonchev–Trinajstić information content (AvgIpc) is 2.89. The molecule has 1 heterocycles. The van der Waals surface area contributed by atoms with Crippen LogP contribution in [0.25, 0.3) is 0 Å². The van der Waals surface area contributed by atoms with Gasteiger partial charge in [-0.2, -0.15) is 0 Å². The summed E-state index contributed by atoms with van der Waals surface area (Å²) in [5.41, 5.74) is 9.12. The van der Waals surface area contributed by atoms with Gasteiger partial charge >= 0.3 is 0 Å². The number of rotatable bonds is 2. The molecule has 1 aliphatic heterocycles. The van der Waals surface area contributed by atoms with E-state index >= 15 is 0 Å². The fraction of sp³-hybridized carbons (Fsp3) is 0.188. The van der Waals surface area contributed by atoms with E-state index in [0.717, 1.165) is 27.8 Å². The van der Waals surface area contributed by atoms with E-state index in [-0.39, 0.29) is 5.91 Å². The smallest absolute Gasteiger partial charge is 0.262 e. The minimum Gasteiger partial charge on any atom is -0.496 e. The summed E-state index contributed by atoms with van der Waals surface area (Å²) in [5, 5.41) is 0. The van der Waals surface area contributed by atoms with Gasteiger partial charge in [-0.3, -0.25) is 4.79 Å². The van der Waals surface area contributed by atoms with Crippen LogP contribution in [0.3, 0.4) is 0 Å². The Kier molecular flexibility index (Phi) is 3.59. The molecular formula is C16H15BrN2O2. The molecule has 0 aliphatic carbocycles. The molecule has 0 bridgehead atoms. The number of methoxy groups -OCH3 is 1. The van der Waals surface area contributed by atoms with Gasteiger partial charge in [0.2, 0.25) is 0 Å². The maximum Gasteiger partial charge on any atom is 0.262 e. The molecule has 21 heavy (non-hydrogen) atoms. The van der Waals surface area contributed by atoms with Gasteiger partial charge in [0, 0.05) is 22.4 Å². The van der Waals surface area contributed by atoms with Crippen LogP contribution in [0, 0.1) is 0 Å². The van der Waals surface area contributed by atoms with Crippen molar-refractivity contribution in [3.63, 3.8) is 0 Å². The predicted octanol–water partition coefficient (Wildman–Crippen LogP) is 3.24. The van der Waals surface area contributed by atoms with Gasteiger partial charge in [0.25, 0.3) is 5.91 Å². The molecule has 0 unspecified atom stereocenters. The highest BCUT2D eigenvalue weighted by atomic mass is 79.9. The van der Waals surface area contributed by atoms with E-state index in [1.807, 2.05) is 24.3 Å². The van der Waals surface area contributed by atoms with Crippen molar-refractivity contribution in [3.05, 3.63) is 52.0 Å². The summed E-state index contributed by atoms with van der Waals surface area (Å²) in [4.78, 5) is 14.6. The molecule has 2 aromatic rings. The van der Waals surface area contributed by atoms with Crippen LogP contribution in [0.15, 0.2) is 40.9 Å². The Morgan fingerprint density at radius 1 is 1.29 bits per heavy atom. The molecule has 0 saturated carbocycles. The number of carbonyl (C=O) groups excluding carboxylic acids is 1. The number of anilines is 2. The van der Waals surface area contributed by atoms with Crippen LogP contribution < -0.4 is 15.4 Å². The summed E-state index contributed by atoms with van der Waals surface area (Å²) in [6.45, 7) is 0.664. The van der Waals surface area contributed by atoms with Crippen molar-refractivity contribution in [2.75, 3.05) is 24.3 Å². The van der Waals surface area contributed by atoms with E-state index in [2.05, 4.69) is 15.9 Å². The molecule has 1 aliphatic rings. The number of nitrogens with two attached hydrogens (primary N) is 1. The van der Waals surface area contributed by atoms with Crippen LogP contribution in [-0.4, -0.2) is 19.6 Å². The van der Waals surface area contributed by atoms with Gasteiger partial charge in [0.1, 0.15) is 5.75 Å². The van der Waals surface area contributed by atoms with Gasteiger partial charge in [-0.1, -0.05) is 15.9 Å². The topological polar surface area (TPSA) is 55.6 Å². The second kappa shape index (κ2) is 5.41. The molecule has 1 amide bonds. The third-order valence-electron chi connectivity index (χ3n) is 3.64. The van der Waals surface area contributed by atoms with Crippen LogP contribution in [0.5, 0.6) is 5.75 Å². The highest BCUT2D eigenvalue weighted by Crippen LogP contribution is 2.33. The predicted molar refractivity (Wildman–Crippen MR) is 86.9 cm³/mol. The van der Waals surface area contributed by atoms with E-state index in [1.54, 1.807) is 24.1 Å². The quantitative estimate of drug-likeness (QED) is 0.849. The molecular weight excluding hydrogens is 332 g/mol. The SMILES string of the molecule is COc1cc(Br)ccc1C(=O)N1CCc2cc(N)ccc21. The van der Waals surface area contributed by atoms with Gasteiger partial charge in [0.05, 0.1) is 12.7 Å². The number of benzene rings is 2. The van der Waals surface area contributed by atoms with Gasteiger partial charge in [-0.15, -0.1) is 0 Å². The number of carbonyl (C=O) groups is 1. The number of nitrogen functional groups attached to an aromatic ring is 1. The summed E-state index contributed by atoms with van der Waals surface area (Å²) in [6, 6.07) is 11.1. The molecule has 108 valence electrons. The second-order valence-electron chi connectivity index (χ2n) is 4.94. The zero-order valence-corrected chi connectivity index (χ0v) is 13.2. The number of amides is 1. The Balaban J connectivity index is 1.98. The van der Waals surface area contributed by atoms with Crippen molar-refractivity contribution >= 4 is 33.2 Å². The summed E-state index contributed by atoms with van der Waals surface area (Å²) in [7, 11) is 1.57. The summed E-state index contributed by atoms with van der Waals surface area (Å²) >= 11 is 3.38. The molecule has 0 spiro atoms. The fourth-order valence-corrected chi connectivity index (χ4v) is 2.96. The Morgan fingerprint density at radius 2 is 2.10 bits per heavy atom. The third kappa shape index (κ3) is 2.49. The second-order valence-corrected chi connectivity index (χ2v) is 5.86. The van der Waals surface area contributed by atoms with Crippen molar-refractivity contribution in [2.45, 2.75) is 6.42 Å². The lowest BCUT2D eigenvalue weighted by Crippen LogP contribution is -2.29. The Labute approximate surface area is 131 Å². The van der Waals surface area contributed by atoms with E-state index in [4.69, 9.17) is 10.5 Å². The zero-order chi connectivity index (χ0) is 15.0. The minimum absolute atomic E-state index is 0.0529. The standard InChI is InChI=1S/C16H15BrN2O2/c1-21-15-9-11(17)2-4-13(15)16(20)19-7-6-10-8-12(18)3-5-14(10)19/h2-5,8-9H,6-7,18H2,1H3. The lowest BCUT2D eigenvalue weighted by atomic mass is 10.1. The Morgan fingerprint density at radius 3 is 2.86 bits per heavy atom. The first kappa shape index (κ1) is 13.9. The third-order valence-corrected chi connectivity index (χ3v) is 4.13. The van der Waals surface area contributed by atoms with E-state index < -0.39 is 0 Å². The Hall–Kier alpha value is -2.01. The largest absolute Gasteiger partial charge is 0.496 e. The molecule has 0 saturated heterocycles. The van der Waals surface area contributed by atoms with Crippen LogP contribution >= 0.6 is 15.9 Å². The summed E-state index contributed by atoms with van der Waals surface area (Å²) in [5.74, 6) is 0.515. The van der Waals surface area contributed by atoms with E-state index in [1.165, 1.54) is 0 Å². The van der Waals surface area contributed by atoms with Gasteiger partial charge in [-0.25, -0.2) is 0 Å². The van der Waals surface area contributed by atoms with Crippen molar-refractivity contribution < 1.29 is 9.53 Å². The maximum atomic E-state index is 12.8. The normalized spacial score (nSPS) is 13.1. The zero-order valence-electron chi connectivity index (χ0n) is 11.6. The first-order chi connectivity index (χ1) is 10.1. The van der Waals surface area contributed by atoms with Crippen molar-refractivity contribution in [1.82, 2.24) is 0 Å². The van der Waals surface area contributed by atoms with E-state index in [0.29, 0.717) is 17.9 Å². The molecule has 0 atom stereocenters. The first-order valence-electron chi connectivity index (χ1n) is 6.64. The van der Waals surface area contributed by atoms with Crippen LogP contribution in [-0.2, 0) is 6.42 Å². The van der Waals surface area contributed by atoms with Gasteiger partial charge in [-0.05, 0) is 48.4 Å². The number of hydrogen-bond acceptors (Lipinski definition) is 3. The van der Waals surface area contributed by atoms with Crippen molar-refractivity contribution in [3.8, 4) is 5.75 Å². The molecule has 3 rings (SSSR count). The number of nitrogens with zero attached hydrogens (tertiary/aromatic N) is 1. The van der Waals surface area contributed by atoms with Crippen LogP contribution in [0.1, 0.15) is 15.9 Å². The van der Waals surface area contributed by atoms with Gasteiger partial charge < -0.3 is 15.4 Å². The average molecular weight is 347 g/mol. The van der Waals surface area contributed by atoms with Crippen LogP contribution in [0.2, 0.25) is 0 Å². The molecule has 2 aromatic carbocycles. The lowest BCUT2D eigenvalue weighted by Gasteiger charge is -2.19. The number of ether oxygens (including phenoxy) is 1. The summed E-state index contributed by atoms with van der Waals surface area (Å²) in [6.07, 6.45) is 0.824. The summed E-state index contributed by atoms with van der Waals surface area (Å²) < 4.78 is 6.20. The minimum atomic E-state index is -0.0529. The monoisotopic (exact) mass is 346 g/mol. The first-order valence-corrected chi connectivity index (χ1v) is 7.43. The number of hydrogen-bond donors (Lipinski definition) is 1. The molecule has 0 radical (unpaired) electrons. The lowest BCUT2D eigenvalue weighted by molar-refractivity contribution is 0.0986. The number of halogens is 1. The number of fused-ring (bicyclic) bond motifs is 1. The van der Waals surface area contributed by atoms with Crippen molar-refractivity contribution in [1.29, 1.82) is 0 Å². The van der Waals surface area contributed by atoms with E-state index in [9.17, 15) is 4.79 Å². The molecule has 4 nitrogen and oxygen atoms in total. The Bertz CT molecular complexity index is 715. The molecule has 0 fully saturated rings. The molecule has 5 heteroatoms.